The summed E-state index contributed by atoms with van der Waals surface area (Å²) in [7, 11) is 0. The lowest BCUT2D eigenvalue weighted by molar-refractivity contribution is -0.117. The molecule has 0 unspecified atom stereocenters. The van der Waals surface area contributed by atoms with Crippen LogP contribution >= 0.6 is 11.6 Å². The summed E-state index contributed by atoms with van der Waals surface area (Å²) in [6.45, 7) is 1.57. The van der Waals surface area contributed by atoms with Gasteiger partial charge in [-0.1, -0.05) is 22.8 Å². The summed E-state index contributed by atoms with van der Waals surface area (Å²) in [5.74, 6) is -0.753. The normalized spacial score (nSPS) is 13.2. The highest BCUT2D eigenvalue weighted by molar-refractivity contribution is 6.33. The van der Waals surface area contributed by atoms with Gasteiger partial charge < -0.3 is 15.2 Å². The number of hydrogen-bond acceptors (Lipinski definition) is 4. The molecule has 148 valence electrons. The van der Waals surface area contributed by atoms with Gasteiger partial charge in [0.05, 0.1) is 10.6 Å². The zero-order valence-electron chi connectivity index (χ0n) is 15.5. The molecule has 0 bridgehead atoms. The van der Waals surface area contributed by atoms with Gasteiger partial charge in [0.15, 0.2) is 0 Å². The van der Waals surface area contributed by atoms with Crippen molar-refractivity contribution in [2.45, 2.75) is 19.8 Å². The van der Waals surface area contributed by atoms with E-state index in [9.17, 15) is 14.0 Å². The van der Waals surface area contributed by atoms with Crippen LogP contribution in [0, 0.1) is 18.7 Å². The minimum absolute atomic E-state index is 0.00768. The Bertz CT molecular complexity index is 1070. The number of aromatic nitrogens is 1. The molecule has 29 heavy (non-hydrogen) atoms. The number of rotatable bonds is 5. The Hall–Kier alpha value is -3.19. The van der Waals surface area contributed by atoms with E-state index in [0.29, 0.717) is 11.4 Å². The third-order valence-electron chi connectivity index (χ3n) is 4.65. The van der Waals surface area contributed by atoms with Crippen LogP contribution in [-0.4, -0.2) is 17.0 Å². The number of anilines is 2. The molecular weight excluding hydrogens is 397 g/mol. The first-order valence-electron chi connectivity index (χ1n) is 9.07. The van der Waals surface area contributed by atoms with Crippen molar-refractivity contribution in [2.75, 3.05) is 10.6 Å². The highest BCUT2D eigenvalue weighted by atomic mass is 35.5. The standard InChI is InChI=1S/C21H17ClFN3O3/c1-11-17(19(26-29-11)18-15(22)3-2-4-16(18)23)21(28)25-14-9-7-13(8-10-14)24-20(27)12-5-6-12/h2-4,7-10,12H,5-6H2,1H3,(H,24,27)(H,25,28). The van der Waals surface area contributed by atoms with Crippen LogP contribution in [0.2, 0.25) is 5.02 Å². The summed E-state index contributed by atoms with van der Waals surface area (Å²) in [5.41, 5.74) is 1.30. The average molecular weight is 414 g/mol. The minimum Gasteiger partial charge on any atom is -0.360 e. The molecule has 0 spiro atoms. The molecule has 6 nitrogen and oxygen atoms in total. The van der Waals surface area contributed by atoms with Gasteiger partial charge in [-0.25, -0.2) is 4.39 Å². The molecule has 0 radical (unpaired) electrons. The monoisotopic (exact) mass is 413 g/mol. The Morgan fingerprint density at radius 3 is 2.38 bits per heavy atom. The van der Waals surface area contributed by atoms with Crippen LogP contribution in [0.15, 0.2) is 47.0 Å². The fourth-order valence-corrected chi connectivity index (χ4v) is 3.21. The van der Waals surface area contributed by atoms with Gasteiger partial charge in [0.2, 0.25) is 5.91 Å². The van der Waals surface area contributed by atoms with Gasteiger partial charge in [-0.05, 0) is 56.2 Å². The number of hydrogen-bond donors (Lipinski definition) is 2. The van der Waals surface area contributed by atoms with Crippen LogP contribution in [0.1, 0.15) is 29.0 Å². The van der Waals surface area contributed by atoms with Crippen LogP contribution < -0.4 is 10.6 Å². The molecule has 2 aromatic carbocycles. The molecule has 1 heterocycles. The first-order valence-corrected chi connectivity index (χ1v) is 9.45. The molecule has 3 aromatic rings. The van der Waals surface area contributed by atoms with Crippen molar-refractivity contribution < 1.29 is 18.5 Å². The minimum atomic E-state index is -0.601. The Morgan fingerprint density at radius 2 is 1.76 bits per heavy atom. The number of carbonyl (C=O) groups excluding carboxylic acids is 2. The molecular formula is C21H17ClFN3O3. The van der Waals surface area contributed by atoms with Gasteiger partial charge in [-0.2, -0.15) is 0 Å². The SMILES string of the molecule is Cc1onc(-c2c(F)cccc2Cl)c1C(=O)Nc1ccc(NC(=O)C2CC2)cc1. The number of nitrogens with one attached hydrogen (secondary N) is 2. The van der Waals surface area contributed by atoms with E-state index in [2.05, 4.69) is 15.8 Å². The quantitative estimate of drug-likeness (QED) is 0.613. The van der Waals surface area contributed by atoms with E-state index >= 15 is 0 Å². The van der Waals surface area contributed by atoms with E-state index in [1.807, 2.05) is 0 Å². The maximum atomic E-state index is 14.3. The molecule has 1 aromatic heterocycles. The van der Waals surface area contributed by atoms with Gasteiger partial charge in [0.1, 0.15) is 22.8 Å². The average Bonchev–Trinajstić information content (AvgIpc) is 3.47. The Kier molecular flexibility index (Phi) is 5.07. The van der Waals surface area contributed by atoms with Gasteiger partial charge in [0.25, 0.3) is 5.91 Å². The first kappa shape index (κ1) is 19.1. The summed E-state index contributed by atoms with van der Waals surface area (Å²) in [5, 5.41) is 9.52. The number of nitrogens with zero attached hydrogens (tertiary/aromatic N) is 1. The summed E-state index contributed by atoms with van der Waals surface area (Å²) < 4.78 is 19.4. The second kappa shape index (κ2) is 7.67. The molecule has 1 aliphatic rings. The number of aryl methyl sites for hydroxylation is 1. The summed E-state index contributed by atoms with van der Waals surface area (Å²) >= 11 is 6.11. The lowest BCUT2D eigenvalue weighted by Crippen LogP contribution is -2.15. The van der Waals surface area contributed by atoms with Crippen LogP contribution in [0.5, 0.6) is 0 Å². The third kappa shape index (κ3) is 4.00. The van der Waals surface area contributed by atoms with Crippen molar-refractivity contribution in [1.29, 1.82) is 0 Å². The molecule has 1 aliphatic carbocycles. The second-order valence-corrected chi connectivity index (χ2v) is 7.26. The number of halogens is 2. The summed E-state index contributed by atoms with van der Waals surface area (Å²) in [4.78, 5) is 24.6. The van der Waals surface area contributed by atoms with Crippen molar-refractivity contribution in [1.82, 2.24) is 5.16 Å². The maximum Gasteiger partial charge on any atom is 0.261 e. The van der Waals surface area contributed by atoms with Crippen molar-refractivity contribution in [3.8, 4) is 11.3 Å². The molecule has 0 atom stereocenters. The van der Waals surface area contributed by atoms with Gasteiger partial charge in [0, 0.05) is 17.3 Å². The van der Waals surface area contributed by atoms with E-state index < -0.39 is 11.7 Å². The van der Waals surface area contributed by atoms with Gasteiger partial charge in [-0.15, -0.1) is 0 Å². The fourth-order valence-electron chi connectivity index (χ4n) is 2.95. The van der Waals surface area contributed by atoms with E-state index in [1.54, 1.807) is 31.2 Å². The zero-order valence-corrected chi connectivity index (χ0v) is 16.2. The predicted molar refractivity (Wildman–Crippen MR) is 107 cm³/mol. The molecule has 4 rings (SSSR count). The topological polar surface area (TPSA) is 84.2 Å². The number of carbonyl (C=O) groups is 2. The maximum absolute atomic E-state index is 14.3. The smallest absolute Gasteiger partial charge is 0.261 e. The Balaban J connectivity index is 1.55. The number of amides is 2. The second-order valence-electron chi connectivity index (χ2n) is 6.85. The van der Waals surface area contributed by atoms with Crippen molar-refractivity contribution >= 4 is 34.8 Å². The van der Waals surface area contributed by atoms with E-state index in [-0.39, 0.29) is 39.4 Å². The molecule has 1 fully saturated rings. The van der Waals surface area contributed by atoms with Crippen LogP contribution in [-0.2, 0) is 4.79 Å². The molecule has 2 amide bonds. The summed E-state index contributed by atoms with van der Waals surface area (Å²) in [6, 6.07) is 11.0. The van der Waals surface area contributed by atoms with Crippen molar-refractivity contribution in [3.63, 3.8) is 0 Å². The Labute approximate surface area is 171 Å². The molecule has 0 aliphatic heterocycles. The predicted octanol–water partition coefficient (Wildman–Crippen LogP) is 5.04. The van der Waals surface area contributed by atoms with Crippen LogP contribution in [0.3, 0.4) is 0 Å². The van der Waals surface area contributed by atoms with Crippen molar-refractivity contribution in [2.24, 2.45) is 5.92 Å². The van der Waals surface area contributed by atoms with Gasteiger partial charge in [-0.3, -0.25) is 9.59 Å². The highest BCUT2D eigenvalue weighted by Gasteiger charge is 2.29. The lowest BCUT2D eigenvalue weighted by atomic mass is 10.0. The molecule has 0 saturated heterocycles. The van der Waals surface area contributed by atoms with E-state index in [1.165, 1.54) is 18.2 Å². The molecule has 8 heteroatoms. The van der Waals surface area contributed by atoms with Crippen LogP contribution in [0.25, 0.3) is 11.3 Å². The number of benzene rings is 2. The Morgan fingerprint density at radius 1 is 1.10 bits per heavy atom. The molecule has 1 saturated carbocycles. The van der Waals surface area contributed by atoms with Gasteiger partial charge >= 0.3 is 0 Å². The lowest BCUT2D eigenvalue weighted by Gasteiger charge is -2.09. The molecule has 2 N–H and O–H groups in total. The first-order chi connectivity index (χ1) is 13.9. The third-order valence-corrected chi connectivity index (χ3v) is 4.96. The van der Waals surface area contributed by atoms with E-state index in [0.717, 1.165) is 12.8 Å². The van der Waals surface area contributed by atoms with Crippen molar-refractivity contribution in [3.05, 3.63) is 64.6 Å². The largest absolute Gasteiger partial charge is 0.360 e. The highest BCUT2D eigenvalue weighted by Crippen LogP contribution is 2.34. The summed E-state index contributed by atoms with van der Waals surface area (Å²) in [6.07, 6.45) is 1.85. The van der Waals surface area contributed by atoms with Crippen LogP contribution in [0.4, 0.5) is 15.8 Å². The zero-order chi connectivity index (χ0) is 20.5. The fraction of sp³-hybridized carbons (Fsp3) is 0.190. The van der Waals surface area contributed by atoms with E-state index in [4.69, 9.17) is 16.1 Å².